The van der Waals surface area contributed by atoms with E-state index in [1.807, 2.05) is 24.5 Å². The first-order valence-electron chi connectivity index (χ1n) is 12.5. The van der Waals surface area contributed by atoms with Gasteiger partial charge in [-0.05, 0) is 43.0 Å². The smallest absolute Gasteiger partial charge is 0.248 e. The summed E-state index contributed by atoms with van der Waals surface area (Å²) in [7, 11) is 1.08. The lowest BCUT2D eigenvalue weighted by Gasteiger charge is -2.34. The largest absolute Gasteiger partial charge is 0.496 e. The fraction of sp³-hybridized carbons (Fsp3) is 0.370. The molecule has 11 nitrogen and oxygen atoms in total. The Labute approximate surface area is 233 Å². The molecule has 0 aromatic heterocycles. The number of amides is 1. The van der Waals surface area contributed by atoms with Crippen LogP contribution in [0.4, 0.5) is 10.1 Å². The van der Waals surface area contributed by atoms with Crippen LogP contribution in [-0.2, 0) is 4.79 Å². The van der Waals surface area contributed by atoms with Crippen molar-refractivity contribution in [2.45, 2.75) is 36.7 Å². The number of alkyl halides is 1. The highest BCUT2D eigenvalue weighted by Crippen LogP contribution is 2.35. The molecule has 2 heterocycles. The first-order valence-corrected chi connectivity index (χ1v) is 14.1. The fourth-order valence-electron chi connectivity index (χ4n) is 4.29. The number of ether oxygens (including phenoxy) is 2. The number of aliphatic hydroxyl groups excluding tert-OH is 2. The van der Waals surface area contributed by atoms with Crippen molar-refractivity contribution in [3.8, 4) is 17.6 Å². The van der Waals surface area contributed by atoms with E-state index in [-0.39, 0.29) is 30.8 Å². The minimum atomic E-state index is -1.45. The number of anilines is 1. The van der Waals surface area contributed by atoms with E-state index in [0.29, 0.717) is 28.0 Å². The van der Waals surface area contributed by atoms with Crippen molar-refractivity contribution in [3.63, 3.8) is 0 Å². The van der Waals surface area contributed by atoms with Crippen LogP contribution in [0.1, 0.15) is 30.6 Å². The first-order chi connectivity index (χ1) is 19.2. The Kier molecular flexibility index (Phi) is 9.36. The number of methoxy groups -OCH3 is 1. The molecule has 40 heavy (non-hydrogen) atoms. The Morgan fingerprint density at radius 2 is 2.12 bits per heavy atom. The second kappa shape index (κ2) is 12.9. The lowest BCUT2D eigenvalue weighted by atomic mass is 10.0. The molecule has 4 N–H and O–H groups in total. The van der Waals surface area contributed by atoms with Crippen LogP contribution < -0.4 is 20.1 Å². The highest BCUT2D eigenvalue weighted by atomic mass is 32.2. The van der Waals surface area contributed by atoms with Crippen molar-refractivity contribution in [2.24, 2.45) is 9.98 Å². The quantitative estimate of drug-likeness (QED) is 0.371. The third kappa shape index (κ3) is 6.59. The Morgan fingerprint density at radius 3 is 2.80 bits per heavy atom. The number of aliphatic imine (C=N–C) groups is 2. The number of carbonyl (C=O) groups is 1. The van der Waals surface area contributed by atoms with Crippen LogP contribution in [0.3, 0.4) is 0 Å². The molecule has 1 amide bonds. The van der Waals surface area contributed by atoms with E-state index in [1.165, 1.54) is 11.2 Å². The van der Waals surface area contributed by atoms with Gasteiger partial charge in [-0.3, -0.25) is 4.79 Å². The number of hydrogen-bond acceptors (Lipinski definition) is 9. The number of nitrogens with one attached hydrogen (secondary N) is 2. The Bertz CT molecular complexity index is 1400. The van der Waals surface area contributed by atoms with E-state index in [9.17, 15) is 19.6 Å². The maximum absolute atomic E-state index is 14.7. The molecule has 0 spiro atoms. The van der Waals surface area contributed by atoms with Gasteiger partial charge in [0.1, 0.15) is 30.3 Å². The molecule has 1 fully saturated rings. The molecular weight excluding hydrogens is 539 g/mol. The predicted molar refractivity (Wildman–Crippen MR) is 152 cm³/mol. The molecule has 212 valence electrons. The zero-order valence-corrected chi connectivity index (χ0v) is 23.1. The van der Waals surface area contributed by atoms with E-state index in [2.05, 4.69) is 26.7 Å². The average molecular weight is 571 g/mol. The fourth-order valence-corrected chi connectivity index (χ4v) is 5.32. The zero-order valence-electron chi connectivity index (χ0n) is 22.3. The van der Waals surface area contributed by atoms with Crippen molar-refractivity contribution in [3.05, 3.63) is 47.5 Å². The number of piperidine rings is 1. The van der Waals surface area contributed by atoms with Crippen LogP contribution in [0, 0.1) is 11.3 Å². The van der Waals surface area contributed by atoms with Gasteiger partial charge in [0.05, 0.1) is 30.6 Å². The van der Waals surface area contributed by atoms with E-state index in [1.54, 1.807) is 32.2 Å². The molecule has 4 rings (SSSR count). The van der Waals surface area contributed by atoms with Crippen molar-refractivity contribution < 1.29 is 28.9 Å². The molecule has 2 aromatic carbocycles. The number of carbonyl (C=O) groups excluding carboxylic acids is 1. The number of rotatable bonds is 7. The van der Waals surface area contributed by atoms with Crippen LogP contribution in [0.15, 0.2) is 51.3 Å². The van der Waals surface area contributed by atoms with E-state index >= 15 is 0 Å². The highest BCUT2D eigenvalue weighted by Gasteiger charge is 2.33. The van der Waals surface area contributed by atoms with Gasteiger partial charge in [-0.1, -0.05) is 6.07 Å². The monoisotopic (exact) mass is 570 g/mol. The molecule has 2 aliphatic rings. The molecule has 2 aliphatic heterocycles. The molecule has 0 saturated carbocycles. The summed E-state index contributed by atoms with van der Waals surface area (Å²) >= 11 is 0. The van der Waals surface area contributed by atoms with E-state index < -0.39 is 41.4 Å². The van der Waals surface area contributed by atoms with Crippen LogP contribution in [0.5, 0.6) is 11.5 Å². The lowest BCUT2D eigenvalue weighted by Crippen LogP contribution is -2.50. The summed E-state index contributed by atoms with van der Waals surface area (Å²) in [5.74, 6) is 0.764. The first kappa shape index (κ1) is 29.0. The molecule has 13 heteroatoms. The Balaban J connectivity index is 1.48. The molecule has 0 aliphatic carbocycles. The molecule has 2 unspecified atom stereocenters. The Morgan fingerprint density at radius 1 is 1.32 bits per heavy atom. The standard InChI is InChI=1S/C27H31FN6O5S/c1-16(36)40(3)24-7-5-19(11-23(24)38-2)32-27-31-15-30-26(33-27)17-4-6-21(18(10-17)12-29)39-22-8-9-34(13-20(22)28)25(37)14-35/h4-7,10-11,15,20,22,26,35-36H,8-9,13-14H2,1-3H3,(H2,30,31,32,33)/t20-,22+,26?,40?/m1/s1. The van der Waals surface area contributed by atoms with Gasteiger partial charge in [-0.2, -0.15) is 5.26 Å². The maximum Gasteiger partial charge on any atom is 0.248 e. The summed E-state index contributed by atoms with van der Waals surface area (Å²) in [5, 5.41) is 35.1. The van der Waals surface area contributed by atoms with Crippen molar-refractivity contribution in [2.75, 3.05) is 38.4 Å². The summed E-state index contributed by atoms with van der Waals surface area (Å²) in [6.07, 6.45) is 0.744. The number of benzene rings is 2. The minimum absolute atomic E-state index is 0.175. The second-order valence-corrected chi connectivity index (χ2v) is 11.2. The van der Waals surface area contributed by atoms with Gasteiger partial charge in [0.15, 0.2) is 12.3 Å². The zero-order chi connectivity index (χ0) is 28.8. The SMILES string of the molecule is COc1cc(NC2=NC(c3ccc(O[C@H]4CCN(C(=O)CO)C[C@H]4F)c(C#N)c3)N=CN2)ccc1S(C)=C(C)O. The molecule has 0 bridgehead atoms. The van der Waals surface area contributed by atoms with Crippen LogP contribution in [-0.4, -0.2) is 83.7 Å². The van der Waals surface area contributed by atoms with Crippen LogP contribution in [0.2, 0.25) is 0 Å². The highest BCUT2D eigenvalue weighted by molar-refractivity contribution is 8.15. The van der Waals surface area contributed by atoms with Crippen molar-refractivity contribution in [1.29, 1.82) is 5.26 Å². The summed E-state index contributed by atoms with van der Waals surface area (Å²) in [4.78, 5) is 22.8. The van der Waals surface area contributed by atoms with Gasteiger partial charge in [0.2, 0.25) is 11.9 Å². The third-order valence-corrected chi connectivity index (χ3v) is 8.42. The summed E-state index contributed by atoms with van der Waals surface area (Å²) in [6.45, 7) is 1.08. The summed E-state index contributed by atoms with van der Waals surface area (Å²) in [6, 6.07) is 12.6. The average Bonchev–Trinajstić information content (AvgIpc) is 2.97. The van der Waals surface area contributed by atoms with Gasteiger partial charge in [0, 0.05) is 29.6 Å². The third-order valence-electron chi connectivity index (χ3n) is 6.54. The number of guanidine groups is 1. The molecular formula is C27H31FN6O5S. The number of nitrogens with zero attached hydrogens (tertiary/aromatic N) is 4. The molecule has 2 aromatic rings. The second-order valence-electron chi connectivity index (χ2n) is 9.12. The normalized spacial score (nSPS) is 21.4. The number of likely N-dealkylation sites (tertiary alicyclic amines) is 1. The Hall–Kier alpha value is -3.99. The molecule has 4 atom stereocenters. The van der Waals surface area contributed by atoms with Crippen LogP contribution >= 0.6 is 10.5 Å². The number of nitriles is 1. The van der Waals surface area contributed by atoms with Gasteiger partial charge in [0.25, 0.3) is 0 Å². The molecule has 1 saturated heterocycles. The van der Waals surface area contributed by atoms with Crippen LogP contribution in [0.25, 0.3) is 0 Å². The van der Waals surface area contributed by atoms with E-state index in [0.717, 1.165) is 4.90 Å². The summed E-state index contributed by atoms with van der Waals surface area (Å²) in [5.41, 5.74) is 1.56. The van der Waals surface area contributed by atoms with Gasteiger partial charge in [-0.15, -0.1) is 10.5 Å². The lowest BCUT2D eigenvalue weighted by molar-refractivity contribution is -0.138. The number of halogens is 1. The van der Waals surface area contributed by atoms with Crippen molar-refractivity contribution >= 4 is 39.4 Å². The van der Waals surface area contributed by atoms with Gasteiger partial charge >= 0.3 is 0 Å². The topological polar surface area (TPSA) is 152 Å². The predicted octanol–water partition coefficient (Wildman–Crippen LogP) is 2.94. The maximum atomic E-state index is 14.7. The van der Waals surface area contributed by atoms with E-state index in [4.69, 9.17) is 14.6 Å². The van der Waals surface area contributed by atoms with Gasteiger partial charge < -0.3 is 35.2 Å². The van der Waals surface area contributed by atoms with Crippen molar-refractivity contribution in [1.82, 2.24) is 10.2 Å². The number of hydrogen-bond donors (Lipinski definition) is 4. The number of aliphatic hydroxyl groups is 2. The molecule has 0 radical (unpaired) electrons. The van der Waals surface area contributed by atoms with Gasteiger partial charge in [-0.25, -0.2) is 14.4 Å². The summed E-state index contributed by atoms with van der Waals surface area (Å²) < 4.78 is 26.0. The minimum Gasteiger partial charge on any atom is -0.496 e.